The fourth-order valence-corrected chi connectivity index (χ4v) is 2.77. The zero-order chi connectivity index (χ0) is 14.1. The lowest BCUT2D eigenvalue weighted by Gasteiger charge is -2.11. The predicted molar refractivity (Wildman–Crippen MR) is 79.8 cm³/mol. The van der Waals surface area contributed by atoms with Gasteiger partial charge in [-0.05, 0) is 36.1 Å². The lowest BCUT2D eigenvalue weighted by Crippen LogP contribution is -2.21. The first-order valence-corrected chi connectivity index (χ1v) is 7.21. The number of aromatic nitrogens is 3. The molecule has 0 atom stereocenters. The van der Waals surface area contributed by atoms with E-state index >= 15 is 0 Å². The van der Waals surface area contributed by atoms with E-state index in [4.69, 9.17) is 0 Å². The normalized spacial score (nSPS) is 11.1. The number of phenolic OH excluding ortho intramolecular Hbond substituents is 1. The van der Waals surface area contributed by atoms with Gasteiger partial charge in [0.15, 0.2) is 5.16 Å². The number of phenols is 1. The second-order valence-electron chi connectivity index (χ2n) is 4.22. The van der Waals surface area contributed by atoms with Crippen LogP contribution in [0.2, 0.25) is 0 Å². The molecule has 0 aliphatic heterocycles. The Labute approximate surface area is 119 Å². The Morgan fingerprint density at radius 2 is 2.05 bits per heavy atom. The minimum atomic E-state index is -0.113. The van der Waals surface area contributed by atoms with Crippen molar-refractivity contribution in [2.45, 2.75) is 12.1 Å². The first-order valence-electron chi connectivity index (χ1n) is 6.23. The van der Waals surface area contributed by atoms with Crippen LogP contribution in [0.3, 0.4) is 0 Å². The maximum Gasteiger partial charge on any atom is 0.268 e. The molecule has 0 amide bonds. The number of rotatable bonds is 3. The molecular weight excluding hydrogens is 274 g/mol. The van der Waals surface area contributed by atoms with Crippen LogP contribution in [0.15, 0.2) is 46.5 Å². The van der Waals surface area contributed by atoms with Crippen molar-refractivity contribution in [2.24, 2.45) is 0 Å². The second kappa shape index (κ2) is 5.05. The Bertz CT molecular complexity index is 805. The zero-order valence-corrected chi connectivity index (χ0v) is 11.6. The van der Waals surface area contributed by atoms with Crippen molar-refractivity contribution >= 4 is 22.8 Å². The molecule has 0 aliphatic carbocycles. The summed E-state index contributed by atoms with van der Waals surface area (Å²) >= 11 is 1.50. The minimum absolute atomic E-state index is 0.113. The van der Waals surface area contributed by atoms with Gasteiger partial charge in [-0.2, -0.15) is 0 Å². The van der Waals surface area contributed by atoms with E-state index in [1.54, 1.807) is 41.1 Å². The summed E-state index contributed by atoms with van der Waals surface area (Å²) in [5, 5.41) is 10.6. The maximum absolute atomic E-state index is 12.6. The monoisotopic (exact) mass is 287 g/mol. The van der Waals surface area contributed by atoms with Crippen LogP contribution in [-0.2, 0) is 0 Å². The topological polar surface area (TPSA) is 70.9 Å². The van der Waals surface area contributed by atoms with E-state index in [0.29, 0.717) is 21.9 Å². The SMILES string of the molecule is CCSc1nc2[nH]ccc2c(=O)n1-c1ccc(O)cc1. The Kier molecular flexibility index (Phi) is 3.23. The third-order valence-corrected chi connectivity index (χ3v) is 3.76. The number of aromatic hydroxyl groups is 1. The molecule has 20 heavy (non-hydrogen) atoms. The maximum atomic E-state index is 12.6. The summed E-state index contributed by atoms with van der Waals surface area (Å²) in [4.78, 5) is 20.1. The highest BCUT2D eigenvalue weighted by Crippen LogP contribution is 2.21. The van der Waals surface area contributed by atoms with Gasteiger partial charge in [0.1, 0.15) is 11.4 Å². The van der Waals surface area contributed by atoms with Gasteiger partial charge in [-0.15, -0.1) is 0 Å². The molecule has 0 radical (unpaired) electrons. The summed E-state index contributed by atoms with van der Waals surface area (Å²) in [6.07, 6.45) is 1.71. The van der Waals surface area contributed by atoms with Gasteiger partial charge < -0.3 is 10.1 Å². The molecule has 102 valence electrons. The molecule has 3 aromatic rings. The zero-order valence-electron chi connectivity index (χ0n) is 10.8. The molecule has 0 fully saturated rings. The van der Waals surface area contributed by atoms with E-state index in [1.165, 1.54) is 11.8 Å². The van der Waals surface area contributed by atoms with Gasteiger partial charge >= 0.3 is 0 Å². The van der Waals surface area contributed by atoms with E-state index in [0.717, 1.165) is 5.75 Å². The quantitative estimate of drug-likeness (QED) is 0.573. The standard InChI is InChI=1S/C14H13N3O2S/c1-2-20-14-16-12-11(7-8-15-12)13(19)17(14)9-3-5-10(18)6-4-9/h3-8,15,18H,2H2,1H3. The largest absolute Gasteiger partial charge is 0.508 e. The highest BCUT2D eigenvalue weighted by Gasteiger charge is 2.13. The molecule has 0 saturated heterocycles. The van der Waals surface area contributed by atoms with E-state index in [-0.39, 0.29) is 11.3 Å². The van der Waals surface area contributed by atoms with Gasteiger partial charge in [0, 0.05) is 6.20 Å². The number of aromatic amines is 1. The lowest BCUT2D eigenvalue weighted by atomic mass is 10.3. The molecule has 0 spiro atoms. The summed E-state index contributed by atoms with van der Waals surface area (Å²) in [5.41, 5.74) is 1.18. The van der Waals surface area contributed by atoms with Crippen LogP contribution in [-0.4, -0.2) is 25.4 Å². The van der Waals surface area contributed by atoms with Crippen LogP contribution in [0, 0.1) is 0 Å². The molecule has 0 saturated carbocycles. The summed E-state index contributed by atoms with van der Waals surface area (Å²) in [7, 11) is 0. The molecule has 1 aromatic carbocycles. The molecule has 6 heteroatoms. The fraction of sp³-hybridized carbons (Fsp3) is 0.143. The Morgan fingerprint density at radius 1 is 1.30 bits per heavy atom. The fourth-order valence-electron chi connectivity index (χ4n) is 2.03. The number of fused-ring (bicyclic) bond motifs is 1. The van der Waals surface area contributed by atoms with Gasteiger partial charge in [0.05, 0.1) is 11.1 Å². The Morgan fingerprint density at radius 3 is 2.75 bits per heavy atom. The Balaban J connectivity index is 2.31. The van der Waals surface area contributed by atoms with Crippen LogP contribution in [0.5, 0.6) is 5.75 Å². The smallest absolute Gasteiger partial charge is 0.268 e. The lowest BCUT2D eigenvalue weighted by molar-refractivity contribution is 0.475. The molecule has 2 heterocycles. The van der Waals surface area contributed by atoms with Crippen molar-refractivity contribution in [2.75, 3.05) is 5.75 Å². The van der Waals surface area contributed by atoms with Crippen molar-refractivity contribution in [1.29, 1.82) is 0 Å². The minimum Gasteiger partial charge on any atom is -0.508 e. The van der Waals surface area contributed by atoms with Crippen molar-refractivity contribution in [3.8, 4) is 11.4 Å². The van der Waals surface area contributed by atoms with E-state index in [1.807, 2.05) is 6.92 Å². The summed E-state index contributed by atoms with van der Waals surface area (Å²) < 4.78 is 1.57. The van der Waals surface area contributed by atoms with Gasteiger partial charge in [-0.25, -0.2) is 4.98 Å². The number of H-pyrrole nitrogens is 1. The van der Waals surface area contributed by atoms with Crippen LogP contribution in [0.4, 0.5) is 0 Å². The summed E-state index contributed by atoms with van der Waals surface area (Å²) in [6.45, 7) is 2.01. The highest BCUT2D eigenvalue weighted by molar-refractivity contribution is 7.99. The molecular formula is C14H13N3O2S. The summed E-state index contributed by atoms with van der Waals surface area (Å²) in [6, 6.07) is 8.25. The van der Waals surface area contributed by atoms with Gasteiger partial charge in [0.25, 0.3) is 5.56 Å². The number of nitrogens with one attached hydrogen (secondary N) is 1. The van der Waals surface area contributed by atoms with Crippen molar-refractivity contribution in [3.63, 3.8) is 0 Å². The third kappa shape index (κ3) is 2.08. The molecule has 2 N–H and O–H groups in total. The summed E-state index contributed by atoms with van der Waals surface area (Å²) in [5.74, 6) is 0.985. The van der Waals surface area contributed by atoms with Crippen LogP contribution < -0.4 is 5.56 Å². The molecule has 2 aromatic heterocycles. The Hall–Kier alpha value is -2.21. The second-order valence-corrected chi connectivity index (χ2v) is 5.46. The van der Waals surface area contributed by atoms with Gasteiger partial charge in [0.2, 0.25) is 0 Å². The molecule has 0 bridgehead atoms. The first-order chi connectivity index (χ1) is 9.70. The van der Waals surface area contributed by atoms with Gasteiger partial charge in [-0.3, -0.25) is 9.36 Å². The molecule has 0 unspecified atom stereocenters. The van der Waals surface area contributed by atoms with Crippen molar-refractivity contribution in [3.05, 3.63) is 46.9 Å². The van der Waals surface area contributed by atoms with Crippen LogP contribution in [0.25, 0.3) is 16.7 Å². The number of benzene rings is 1. The van der Waals surface area contributed by atoms with Crippen molar-refractivity contribution in [1.82, 2.24) is 14.5 Å². The molecule has 5 nitrogen and oxygen atoms in total. The molecule has 3 rings (SSSR count). The van der Waals surface area contributed by atoms with Crippen molar-refractivity contribution < 1.29 is 5.11 Å². The van der Waals surface area contributed by atoms with E-state index < -0.39 is 0 Å². The number of thioether (sulfide) groups is 1. The third-order valence-electron chi connectivity index (χ3n) is 2.94. The van der Waals surface area contributed by atoms with Crippen LogP contribution in [0.1, 0.15) is 6.92 Å². The first kappa shape index (κ1) is 12.8. The average Bonchev–Trinajstić information content (AvgIpc) is 2.90. The number of hydrogen-bond acceptors (Lipinski definition) is 4. The number of nitrogens with zero attached hydrogens (tertiary/aromatic N) is 2. The van der Waals surface area contributed by atoms with E-state index in [2.05, 4.69) is 9.97 Å². The highest BCUT2D eigenvalue weighted by atomic mass is 32.2. The number of hydrogen-bond donors (Lipinski definition) is 2. The average molecular weight is 287 g/mol. The van der Waals surface area contributed by atoms with Crippen LogP contribution >= 0.6 is 11.8 Å². The van der Waals surface area contributed by atoms with Gasteiger partial charge in [-0.1, -0.05) is 18.7 Å². The molecule has 0 aliphatic rings. The van der Waals surface area contributed by atoms with E-state index in [9.17, 15) is 9.90 Å². The predicted octanol–water partition coefficient (Wildman–Crippen LogP) is 2.53.